The van der Waals surface area contributed by atoms with Crippen LogP contribution in [-0.2, 0) is 34.5 Å². The molecule has 0 radical (unpaired) electrons. The van der Waals surface area contributed by atoms with Crippen molar-refractivity contribution in [3.05, 3.63) is 34.3 Å². The number of azo groups is 1. The van der Waals surface area contributed by atoms with Gasteiger partial charge in [0, 0.05) is 6.07 Å². The van der Waals surface area contributed by atoms with Crippen LogP contribution in [0, 0.1) is 0 Å². The molecule has 0 aliphatic heterocycles. The maximum Gasteiger partial charge on any atom is 0.397 e. The summed E-state index contributed by atoms with van der Waals surface area (Å²) in [6.45, 7) is -0.871. The van der Waals surface area contributed by atoms with Crippen molar-refractivity contribution in [2.45, 2.75) is 9.79 Å². The van der Waals surface area contributed by atoms with E-state index < -0.39 is 52.5 Å². The molecule has 18 heteroatoms. The number of nitrogen functional groups attached to an aromatic ring is 1. The highest BCUT2D eigenvalue weighted by molar-refractivity contribution is 7.91. The molecule has 0 aliphatic rings. The van der Waals surface area contributed by atoms with E-state index in [1.807, 2.05) is 0 Å². The molecule has 0 spiro atoms. The van der Waals surface area contributed by atoms with Crippen LogP contribution in [0.4, 0.5) is 17.1 Å². The Morgan fingerprint density at radius 1 is 0.909 bits per heavy atom. The Bertz CT molecular complexity index is 1430. The molecule has 2 aromatic carbocycles. The first-order chi connectivity index (χ1) is 15.0. The van der Waals surface area contributed by atoms with Crippen molar-refractivity contribution in [1.82, 2.24) is 0 Å². The van der Waals surface area contributed by atoms with E-state index >= 15 is 0 Å². The molecule has 2 aromatic rings. The highest BCUT2D eigenvalue weighted by atomic mass is 35.5. The summed E-state index contributed by atoms with van der Waals surface area (Å²) in [7, 11) is -12.4. The van der Waals surface area contributed by atoms with Crippen LogP contribution in [0.25, 0.3) is 0 Å². The fourth-order valence-electron chi connectivity index (χ4n) is 2.33. The van der Waals surface area contributed by atoms with Crippen LogP contribution < -0.4 is 10.5 Å². The Morgan fingerprint density at radius 3 is 2.06 bits per heavy atom. The fraction of sp³-hybridized carbons (Fsp3) is 0.200. The number of ether oxygens (including phenoxy) is 1. The largest absolute Gasteiger partial charge is 0.494 e. The average Bonchev–Trinajstić information content (AvgIpc) is 2.66. The van der Waals surface area contributed by atoms with Crippen LogP contribution in [0.1, 0.15) is 0 Å². The van der Waals surface area contributed by atoms with Gasteiger partial charge in [0.2, 0.25) is 0 Å². The second kappa shape index (κ2) is 10.1. The molecule has 0 atom stereocenters. The van der Waals surface area contributed by atoms with Crippen LogP contribution in [0.2, 0.25) is 10.0 Å². The summed E-state index contributed by atoms with van der Waals surface area (Å²) in [5.41, 5.74) is 4.99. The van der Waals surface area contributed by atoms with Crippen LogP contribution in [-0.4, -0.2) is 53.8 Å². The van der Waals surface area contributed by atoms with E-state index in [-0.39, 0.29) is 32.9 Å². The monoisotopic (exact) mass is 563 g/mol. The van der Waals surface area contributed by atoms with Gasteiger partial charge in [-0.25, -0.2) is 12.6 Å². The van der Waals surface area contributed by atoms with Crippen LogP contribution in [0.5, 0.6) is 5.75 Å². The predicted molar refractivity (Wildman–Crippen MR) is 117 cm³/mol. The molecule has 0 aromatic heterocycles. The number of halogens is 2. The van der Waals surface area contributed by atoms with Gasteiger partial charge < -0.3 is 10.5 Å². The first kappa shape index (κ1) is 27.2. The molecule has 0 unspecified atom stereocenters. The molecule has 0 saturated heterocycles. The van der Waals surface area contributed by atoms with Crippen molar-refractivity contribution in [1.29, 1.82) is 0 Å². The van der Waals surface area contributed by atoms with E-state index in [2.05, 4.69) is 14.4 Å². The minimum atomic E-state index is -4.83. The maximum absolute atomic E-state index is 12.4. The highest BCUT2D eigenvalue weighted by Gasteiger charge is 2.22. The van der Waals surface area contributed by atoms with Gasteiger partial charge in [0.1, 0.15) is 22.0 Å². The van der Waals surface area contributed by atoms with Gasteiger partial charge in [-0.15, -0.1) is 10.2 Å². The molecular formula is C15H15Cl2N3O10S3. The predicted octanol–water partition coefficient (Wildman–Crippen LogP) is 2.84. The van der Waals surface area contributed by atoms with E-state index in [1.165, 1.54) is 7.11 Å². The number of sulfone groups is 1. The molecule has 13 nitrogen and oxygen atoms in total. The average molecular weight is 564 g/mol. The minimum Gasteiger partial charge on any atom is -0.494 e. The van der Waals surface area contributed by atoms with Gasteiger partial charge in [-0.1, -0.05) is 23.2 Å². The number of anilines is 1. The van der Waals surface area contributed by atoms with E-state index in [1.54, 1.807) is 0 Å². The molecule has 0 fully saturated rings. The minimum absolute atomic E-state index is 0.00361. The lowest BCUT2D eigenvalue weighted by Crippen LogP contribution is -2.15. The number of nitrogens with two attached hydrogens (primary N) is 1. The summed E-state index contributed by atoms with van der Waals surface area (Å²) in [4.78, 5) is -1.11. The van der Waals surface area contributed by atoms with Gasteiger partial charge in [0.25, 0.3) is 10.1 Å². The summed E-state index contributed by atoms with van der Waals surface area (Å²) in [5.74, 6) is -0.839. The molecule has 2 rings (SSSR count). The van der Waals surface area contributed by atoms with E-state index in [9.17, 15) is 29.8 Å². The zero-order valence-electron chi connectivity index (χ0n) is 16.3. The van der Waals surface area contributed by atoms with E-state index in [0.29, 0.717) is 0 Å². The molecule has 0 heterocycles. The van der Waals surface area contributed by atoms with Gasteiger partial charge in [-0.2, -0.15) is 16.8 Å². The molecule has 33 heavy (non-hydrogen) atoms. The quantitative estimate of drug-likeness (QED) is 0.229. The zero-order valence-corrected chi connectivity index (χ0v) is 20.3. The molecule has 0 aliphatic carbocycles. The molecule has 0 amide bonds. The number of rotatable bonds is 9. The molecule has 0 saturated carbocycles. The summed E-state index contributed by atoms with van der Waals surface area (Å²) in [6, 6.07) is 3.97. The lowest BCUT2D eigenvalue weighted by Gasteiger charge is -2.09. The first-order valence-electron chi connectivity index (χ1n) is 8.25. The lowest BCUT2D eigenvalue weighted by molar-refractivity contribution is 0.284. The summed E-state index contributed by atoms with van der Waals surface area (Å²) in [6.07, 6.45) is 0. The second-order valence-electron chi connectivity index (χ2n) is 6.04. The summed E-state index contributed by atoms with van der Waals surface area (Å²) >= 11 is 12.1. The molecular weight excluding hydrogens is 549 g/mol. The maximum atomic E-state index is 12.4. The van der Waals surface area contributed by atoms with Gasteiger partial charge >= 0.3 is 10.4 Å². The Morgan fingerprint density at radius 2 is 1.52 bits per heavy atom. The summed E-state index contributed by atoms with van der Waals surface area (Å²) < 4.78 is 95.5. The third-order valence-electron chi connectivity index (χ3n) is 3.78. The van der Waals surface area contributed by atoms with Crippen LogP contribution >= 0.6 is 23.2 Å². The van der Waals surface area contributed by atoms with Gasteiger partial charge in [0.05, 0.1) is 40.1 Å². The number of benzene rings is 2. The number of hydrogen-bond donors (Lipinski definition) is 3. The summed E-state index contributed by atoms with van der Waals surface area (Å²) in [5, 5.41) is 7.01. The normalized spacial score (nSPS) is 12.9. The Labute approximate surface area is 198 Å². The van der Waals surface area contributed by atoms with Crippen molar-refractivity contribution in [3.63, 3.8) is 0 Å². The smallest absolute Gasteiger partial charge is 0.397 e. The van der Waals surface area contributed by atoms with E-state index in [4.69, 9.17) is 38.2 Å². The molecule has 0 bridgehead atoms. The van der Waals surface area contributed by atoms with Crippen LogP contribution in [0.3, 0.4) is 0 Å². The van der Waals surface area contributed by atoms with Crippen molar-refractivity contribution in [2.24, 2.45) is 10.2 Å². The van der Waals surface area contributed by atoms with Crippen molar-refractivity contribution in [2.75, 3.05) is 25.2 Å². The number of hydrogen-bond acceptors (Lipinski definition) is 11. The molecule has 4 N–H and O–H groups in total. The highest BCUT2D eigenvalue weighted by Crippen LogP contribution is 2.38. The Balaban J connectivity index is 2.42. The lowest BCUT2D eigenvalue weighted by atomic mass is 10.2. The second-order valence-corrected chi connectivity index (χ2v) is 11.4. The van der Waals surface area contributed by atoms with Crippen molar-refractivity contribution < 1.29 is 43.3 Å². The Hall–Kier alpha value is -2.05. The standard InChI is InChI=1S/C15H15Cl2N3O10S3/c1-29-13-6-10(18)15(32(23,24)25)7-12(13)20-19-11-4-9(17)14(5-8(11)16)31(21,22)3-2-30-33(26,27)28/h4-7H,2-3,18H2,1H3,(H,23,24,25)(H,26,27,28). The zero-order chi connectivity index (χ0) is 25.2. The number of methoxy groups -OCH3 is 1. The van der Waals surface area contributed by atoms with E-state index in [0.717, 1.165) is 24.3 Å². The first-order valence-corrected chi connectivity index (χ1v) is 13.5. The number of nitrogens with zero attached hydrogens (tertiary/aromatic N) is 2. The van der Waals surface area contributed by atoms with Gasteiger partial charge in [-0.05, 0) is 18.2 Å². The molecule has 182 valence electrons. The fourth-order valence-corrected chi connectivity index (χ4v) is 5.30. The van der Waals surface area contributed by atoms with Gasteiger partial charge in [0.15, 0.2) is 9.84 Å². The SMILES string of the molecule is COc1cc(N)c(S(=O)(=O)O)cc1N=Nc1cc(Cl)c(S(=O)(=O)CCOS(=O)(=O)O)cc1Cl. The van der Waals surface area contributed by atoms with Crippen LogP contribution in [0.15, 0.2) is 44.3 Å². The third-order valence-corrected chi connectivity index (χ3v) is 7.59. The topological polar surface area (TPSA) is 212 Å². The Kier molecular flexibility index (Phi) is 8.29. The third kappa shape index (κ3) is 7.21. The van der Waals surface area contributed by atoms with Gasteiger partial charge in [-0.3, -0.25) is 9.11 Å². The van der Waals surface area contributed by atoms with Crippen molar-refractivity contribution >= 4 is 70.6 Å². The van der Waals surface area contributed by atoms with Crippen molar-refractivity contribution in [3.8, 4) is 5.75 Å².